The van der Waals surface area contributed by atoms with Gasteiger partial charge < -0.3 is 45.4 Å². The molecule has 1 aliphatic rings. The van der Waals surface area contributed by atoms with E-state index >= 15 is 0 Å². The third-order valence-corrected chi connectivity index (χ3v) is 4.38. The Bertz CT molecular complexity index is 652. The van der Waals surface area contributed by atoms with Crippen molar-refractivity contribution in [1.29, 1.82) is 0 Å². The van der Waals surface area contributed by atoms with Crippen molar-refractivity contribution in [2.75, 3.05) is 6.61 Å². The van der Waals surface area contributed by atoms with Crippen LogP contribution in [-0.4, -0.2) is 103 Å². The van der Waals surface area contributed by atoms with Crippen LogP contribution in [0.2, 0.25) is 0 Å². The summed E-state index contributed by atoms with van der Waals surface area (Å²) in [5.41, 5.74) is 0. The van der Waals surface area contributed by atoms with Gasteiger partial charge in [-0.1, -0.05) is 0 Å². The number of rotatable bonds is 8. The minimum Gasteiger partial charge on any atom is -0.477 e. The van der Waals surface area contributed by atoms with E-state index < -0.39 is 78.5 Å². The number of ether oxygens (including phenoxy) is 2. The number of carboxylic acids is 1. The van der Waals surface area contributed by atoms with Crippen molar-refractivity contribution < 1.29 is 59.3 Å². The Hall–Kier alpha value is -2.16. The molecule has 8 atom stereocenters. The highest BCUT2D eigenvalue weighted by molar-refractivity contribution is 5.89. The zero-order valence-electron chi connectivity index (χ0n) is 15.9. The smallest absolute Gasteiger partial charge is 0.365 e. The molecule has 7 N–H and O–H groups in total. The van der Waals surface area contributed by atoms with Gasteiger partial charge in [0.05, 0.1) is 12.1 Å². The summed E-state index contributed by atoms with van der Waals surface area (Å²) in [4.78, 5) is 46.1. The number of esters is 1. The van der Waals surface area contributed by atoms with Crippen molar-refractivity contribution in [2.45, 2.75) is 63.1 Å². The highest BCUT2D eigenvalue weighted by atomic mass is 16.7. The predicted octanol–water partition coefficient (Wildman–Crippen LogP) is -4.12. The third-order valence-electron chi connectivity index (χ3n) is 4.38. The fourth-order valence-corrected chi connectivity index (χ4v) is 2.98. The van der Waals surface area contributed by atoms with Gasteiger partial charge in [0.15, 0.2) is 0 Å². The Morgan fingerprint density at radius 1 is 1.17 bits per heavy atom. The summed E-state index contributed by atoms with van der Waals surface area (Å²) < 4.78 is 9.53. The van der Waals surface area contributed by atoms with E-state index in [0.29, 0.717) is 0 Å². The minimum atomic E-state index is -3.28. The molecule has 166 valence electrons. The van der Waals surface area contributed by atoms with Crippen molar-refractivity contribution in [3.05, 3.63) is 0 Å². The summed E-state index contributed by atoms with van der Waals surface area (Å²) in [5, 5.41) is 61.8. The summed E-state index contributed by atoms with van der Waals surface area (Å²) in [7, 11) is 0. The largest absolute Gasteiger partial charge is 0.477 e. The molecule has 0 aromatic heterocycles. The zero-order chi connectivity index (χ0) is 22.7. The monoisotopic (exact) mass is 423 g/mol. The van der Waals surface area contributed by atoms with E-state index in [9.17, 15) is 44.7 Å². The standard InChI is InChI=1S/C16H25NO12/c1-5(18)9-12(23)10(17-7(3)20)13(29-16(9,27)15(25)26)11(22)8(21)4-28-14(24)6(2)19/h6,8-13,19,21-23,27H,4H2,1-3H3,(H,17,20)(H,25,26)/t6-,8+,9?,10+,11+,12-,13+,16?/m0/s1. The molecule has 0 saturated carbocycles. The molecule has 0 radical (unpaired) electrons. The maximum Gasteiger partial charge on any atom is 0.365 e. The van der Waals surface area contributed by atoms with Crippen LogP contribution in [0.1, 0.15) is 20.8 Å². The molecular weight excluding hydrogens is 398 g/mol. The molecule has 1 saturated heterocycles. The number of hydrogen-bond donors (Lipinski definition) is 7. The van der Waals surface area contributed by atoms with E-state index in [1.165, 1.54) is 0 Å². The number of aliphatic carboxylic acids is 1. The lowest BCUT2D eigenvalue weighted by Gasteiger charge is -2.48. The van der Waals surface area contributed by atoms with Crippen LogP contribution < -0.4 is 5.32 Å². The SMILES string of the molecule is CC(=O)N[C@H]1[C@H]([C@H](O)[C@H](O)COC(=O)[C@H](C)O)OC(O)(C(=O)O)C(C(C)=O)[C@@H]1O. The number of aliphatic hydroxyl groups is 5. The maximum absolute atomic E-state index is 11.8. The average Bonchev–Trinajstić information content (AvgIpc) is 2.59. The van der Waals surface area contributed by atoms with Crippen molar-refractivity contribution in [1.82, 2.24) is 5.32 Å². The van der Waals surface area contributed by atoms with Crippen molar-refractivity contribution >= 4 is 23.6 Å². The molecule has 1 rings (SSSR count). The average molecular weight is 423 g/mol. The maximum atomic E-state index is 11.8. The van der Waals surface area contributed by atoms with E-state index in [-0.39, 0.29) is 0 Å². The molecule has 2 unspecified atom stereocenters. The molecular formula is C16H25NO12. The number of ketones is 1. The van der Waals surface area contributed by atoms with Gasteiger partial charge in [0, 0.05) is 6.92 Å². The second-order valence-corrected chi connectivity index (χ2v) is 6.75. The van der Waals surface area contributed by atoms with Crippen LogP contribution >= 0.6 is 0 Å². The molecule has 1 fully saturated rings. The van der Waals surface area contributed by atoms with Crippen LogP contribution in [0.3, 0.4) is 0 Å². The number of carbonyl (C=O) groups excluding carboxylic acids is 3. The molecule has 13 nitrogen and oxygen atoms in total. The molecule has 0 spiro atoms. The van der Waals surface area contributed by atoms with Crippen LogP contribution in [-0.2, 0) is 28.7 Å². The van der Waals surface area contributed by atoms with Crippen LogP contribution in [0.15, 0.2) is 0 Å². The zero-order valence-corrected chi connectivity index (χ0v) is 15.9. The number of amides is 1. The van der Waals surface area contributed by atoms with Crippen molar-refractivity contribution in [3.8, 4) is 0 Å². The first-order valence-electron chi connectivity index (χ1n) is 8.54. The number of carboxylic acid groups (broad SMARTS) is 1. The summed E-state index contributed by atoms with van der Waals surface area (Å²) in [5.74, 6) is -10.2. The third kappa shape index (κ3) is 5.46. The number of aliphatic hydroxyl groups excluding tert-OH is 4. The molecule has 1 amide bonds. The summed E-state index contributed by atoms with van der Waals surface area (Å²) >= 11 is 0. The van der Waals surface area contributed by atoms with Gasteiger partial charge in [0.25, 0.3) is 5.79 Å². The Morgan fingerprint density at radius 3 is 2.14 bits per heavy atom. The van der Waals surface area contributed by atoms with Crippen LogP contribution in [0.4, 0.5) is 0 Å². The second-order valence-electron chi connectivity index (χ2n) is 6.75. The fraction of sp³-hybridized carbons (Fsp3) is 0.750. The summed E-state index contributed by atoms with van der Waals surface area (Å²) in [6.45, 7) is 2.14. The molecule has 0 aromatic rings. The Kier molecular flexibility index (Phi) is 8.20. The molecule has 0 aliphatic carbocycles. The van der Waals surface area contributed by atoms with E-state index in [0.717, 1.165) is 20.8 Å². The first-order chi connectivity index (χ1) is 13.2. The molecule has 0 bridgehead atoms. The number of carbonyl (C=O) groups is 4. The van der Waals surface area contributed by atoms with Gasteiger partial charge in [-0.25, -0.2) is 9.59 Å². The van der Waals surface area contributed by atoms with Gasteiger partial charge in [-0.3, -0.25) is 9.59 Å². The second kappa shape index (κ2) is 9.56. The number of hydrogen-bond acceptors (Lipinski definition) is 11. The number of Topliss-reactive ketones (excluding diaryl/α,β-unsaturated/α-hetero) is 1. The fourth-order valence-electron chi connectivity index (χ4n) is 2.98. The molecule has 1 aliphatic heterocycles. The lowest BCUT2D eigenvalue weighted by molar-refractivity contribution is -0.313. The summed E-state index contributed by atoms with van der Waals surface area (Å²) in [6, 6.07) is -1.61. The van der Waals surface area contributed by atoms with E-state index in [1.807, 2.05) is 0 Å². The normalized spacial score (nSPS) is 32.6. The van der Waals surface area contributed by atoms with E-state index in [2.05, 4.69) is 10.1 Å². The Labute approximate surface area is 164 Å². The van der Waals surface area contributed by atoms with Crippen LogP contribution in [0.25, 0.3) is 0 Å². The van der Waals surface area contributed by atoms with Gasteiger partial charge in [0.1, 0.15) is 42.7 Å². The number of nitrogens with one attached hydrogen (secondary N) is 1. The Balaban J connectivity index is 3.21. The van der Waals surface area contributed by atoms with Crippen LogP contribution in [0, 0.1) is 5.92 Å². The molecule has 1 heterocycles. The topological polar surface area (TPSA) is 220 Å². The predicted molar refractivity (Wildman–Crippen MR) is 89.9 cm³/mol. The lowest BCUT2D eigenvalue weighted by atomic mass is 9.78. The lowest BCUT2D eigenvalue weighted by Crippen LogP contribution is -2.72. The van der Waals surface area contributed by atoms with Gasteiger partial charge in [-0.05, 0) is 13.8 Å². The van der Waals surface area contributed by atoms with Gasteiger partial charge >= 0.3 is 11.9 Å². The molecule has 13 heteroatoms. The van der Waals surface area contributed by atoms with Crippen molar-refractivity contribution in [3.63, 3.8) is 0 Å². The highest BCUT2D eigenvalue weighted by Gasteiger charge is 2.62. The van der Waals surface area contributed by atoms with Gasteiger partial charge in [-0.15, -0.1) is 0 Å². The quantitative estimate of drug-likeness (QED) is 0.185. The van der Waals surface area contributed by atoms with Gasteiger partial charge in [-0.2, -0.15) is 0 Å². The highest BCUT2D eigenvalue weighted by Crippen LogP contribution is 2.36. The molecule has 29 heavy (non-hydrogen) atoms. The first-order valence-corrected chi connectivity index (χ1v) is 8.54. The molecule has 0 aromatic carbocycles. The van der Waals surface area contributed by atoms with Gasteiger partial charge in [0.2, 0.25) is 5.91 Å². The summed E-state index contributed by atoms with van der Waals surface area (Å²) in [6.07, 6.45) is -9.49. The van der Waals surface area contributed by atoms with E-state index in [1.54, 1.807) is 0 Å². The minimum absolute atomic E-state index is 0.757. The van der Waals surface area contributed by atoms with Crippen molar-refractivity contribution in [2.24, 2.45) is 5.92 Å². The Morgan fingerprint density at radius 2 is 1.72 bits per heavy atom. The van der Waals surface area contributed by atoms with Crippen LogP contribution in [0.5, 0.6) is 0 Å². The first kappa shape index (κ1) is 24.9. The van der Waals surface area contributed by atoms with E-state index in [4.69, 9.17) is 9.84 Å².